The highest BCUT2D eigenvalue weighted by Gasteiger charge is 2.30. The fourth-order valence-electron chi connectivity index (χ4n) is 2.55. The molecule has 0 fully saturated rings. The number of hydrogen-bond acceptors (Lipinski definition) is 5. The first-order valence-corrected chi connectivity index (χ1v) is 8.74. The van der Waals surface area contributed by atoms with Gasteiger partial charge >= 0.3 is 5.97 Å². The largest absolute Gasteiger partial charge is 0.464 e. The SMILES string of the molecule is CCN(CC)S(=O)(=O)N1CCCn2nc(C(=O)OC)cc2C1. The minimum absolute atomic E-state index is 0.208. The van der Waals surface area contributed by atoms with Crippen molar-refractivity contribution in [2.45, 2.75) is 33.4 Å². The molecule has 0 amide bonds. The Bertz CT molecular complexity index is 636. The number of carbonyl (C=O) groups is 1. The number of carbonyl (C=O) groups excluding carboxylic acids is 1. The molecule has 0 aliphatic carbocycles. The molecule has 1 aliphatic heterocycles. The number of esters is 1. The lowest BCUT2D eigenvalue weighted by Crippen LogP contribution is -2.43. The topological polar surface area (TPSA) is 84.7 Å². The number of aromatic nitrogens is 2. The monoisotopic (exact) mass is 330 g/mol. The van der Waals surface area contributed by atoms with E-state index in [-0.39, 0.29) is 12.2 Å². The van der Waals surface area contributed by atoms with Crippen LogP contribution in [0.1, 0.15) is 36.5 Å². The quantitative estimate of drug-likeness (QED) is 0.732. The minimum Gasteiger partial charge on any atom is -0.464 e. The van der Waals surface area contributed by atoms with Crippen molar-refractivity contribution in [2.75, 3.05) is 26.7 Å². The van der Waals surface area contributed by atoms with Gasteiger partial charge in [0.05, 0.1) is 19.3 Å². The molecular weight excluding hydrogens is 308 g/mol. The zero-order valence-electron chi connectivity index (χ0n) is 13.2. The Labute approximate surface area is 130 Å². The van der Waals surface area contributed by atoms with E-state index in [0.29, 0.717) is 38.3 Å². The molecule has 2 heterocycles. The van der Waals surface area contributed by atoms with E-state index in [1.165, 1.54) is 15.7 Å². The predicted molar refractivity (Wildman–Crippen MR) is 80.4 cm³/mol. The van der Waals surface area contributed by atoms with Gasteiger partial charge in [-0.2, -0.15) is 22.1 Å². The molecule has 0 unspecified atom stereocenters. The van der Waals surface area contributed by atoms with E-state index in [0.717, 1.165) is 0 Å². The van der Waals surface area contributed by atoms with Gasteiger partial charge in [-0.15, -0.1) is 0 Å². The molecule has 2 rings (SSSR count). The Morgan fingerprint density at radius 3 is 2.64 bits per heavy atom. The summed E-state index contributed by atoms with van der Waals surface area (Å²) in [5.74, 6) is -0.515. The second-order valence-corrected chi connectivity index (χ2v) is 6.94. The maximum absolute atomic E-state index is 12.6. The van der Waals surface area contributed by atoms with Crippen molar-refractivity contribution < 1.29 is 17.9 Å². The van der Waals surface area contributed by atoms with Crippen LogP contribution in [0.25, 0.3) is 0 Å². The molecule has 1 aliphatic rings. The Hall–Kier alpha value is -1.45. The van der Waals surface area contributed by atoms with Crippen molar-refractivity contribution in [1.29, 1.82) is 0 Å². The van der Waals surface area contributed by atoms with Crippen LogP contribution in [0, 0.1) is 0 Å². The molecule has 124 valence electrons. The van der Waals surface area contributed by atoms with Gasteiger partial charge in [0, 0.05) is 26.2 Å². The molecule has 8 nitrogen and oxygen atoms in total. The molecule has 0 N–H and O–H groups in total. The van der Waals surface area contributed by atoms with E-state index in [2.05, 4.69) is 9.84 Å². The fourth-order valence-corrected chi connectivity index (χ4v) is 4.18. The fraction of sp³-hybridized carbons (Fsp3) is 0.692. The second-order valence-electron chi connectivity index (χ2n) is 5.01. The molecule has 1 aromatic heterocycles. The van der Waals surface area contributed by atoms with Crippen LogP contribution in [0.4, 0.5) is 0 Å². The van der Waals surface area contributed by atoms with Gasteiger partial charge in [0.2, 0.25) is 0 Å². The lowest BCUT2D eigenvalue weighted by Gasteiger charge is -2.27. The molecule has 0 spiro atoms. The third-order valence-electron chi connectivity index (χ3n) is 3.73. The third-order valence-corrected chi connectivity index (χ3v) is 5.86. The molecule has 1 aromatic rings. The molecule has 9 heteroatoms. The van der Waals surface area contributed by atoms with Crippen LogP contribution in [-0.4, -0.2) is 59.5 Å². The molecule has 0 radical (unpaired) electrons. The van der Waals surface area contributed by atoms with Gasteiger partial charge < -0.3 is 4.74 Å². The van der Waals surface area contributed by atoms with Gasteiger partial charge in [-0.05, 0) is 12.5 Å². The molecule has 0 aromatic carbocycles. The first-order valence-electron chi connectivity index (χ1n) is 7.34. The predicted octanol–water partition coefficient (Wildman–Crippen LogP) is 0.462. The standard InChI is InChI=1S/C13H22N4O4S/c1-4-15(5-2)22(19,20)16-7-6-8-17-11(10-16)9-12(14-17)13(18)21-3/h9H,4-8,10H2,1-3H3. The molecule has 0 saturated heterocycles. The smallest absolute Gasteiger partial charge is 0.358 e. The molecule has 22 heavy (non-hydrogen) atoms. The van der Waals surface area contributed by atoms with Crippen molar-refractivity contribution in [3.8, 4) is 0 Å². The van der Waals surface area contributed by atoms with Gasteiger partial charge in [-0.1, -0.05) is 13.8 Å². The van der Waals surface area contributed by atoms with Gasteiger partial charge in [0.15, 0.2) is 5.69 Å². The molecular formula is C13H22N4O4S. The molecule has 0 bridgehead atoms. The van der Waals surface area contributed by atoms with Gasteiger partial charge in [-0.25, -0.2) is 4.79 Å². The van der Waals surface area contributed by atoms with Crippen molar-refractivity contribution in [1.82, 2.24) is 18.4 Å². The van der Waals surface area contributed by atoms with Gasteiger partial charge in [0.25, 0.3) is 10.2 Å². The summed E-state index contributed by atoms with van der Waals surface area (Å²) in [7, 11) is -2.20. The van der Waals surface area contributed by atoms with Gasteiger partial charge in [-0.3, -0.25) is 4.68 Å². The normalized spacial score (nSPS) is 16.4. The highest BCUT2D eigenvalue weighted by molar-refractivity contribution is 7.86. The lowest BCUT2D eigenvalue weighted by atomic mass is 10.3. The van der Waals surface area contributed by atoms with Crippen molar-refractivity contribution in [2.24, 2.45) is 0 Å². The zero-order valence-corrected chi connectivity index (χ0v) is 14.0. The summed E-state index contributed by atoms with van der Waals surface area (Å²) in [4.78, 5) is 11.6. The van der Waals surface area contributed by atoms with Crippen LogP contribution < -0.4 is 0 Å². The van der Waals surface area contributed by atoms with Crippen LogP contribution in [0.5, 0.6) is 0 Å². The minimum atomic E-state index is -3.50. The van der Waals surface area contributed by atoms with Crippen LogP contribution in [0.2, 0.25) is 0 Å². The van der Waals surface area contributed by atoms with Crippen LogP contribution in [0.3, 0.4) is 0 Å². The van der Waals surface area contributed by atoms with E-state index < -0.39 is 16.2 Å². The zero-order chi connectivity index (χ0) is 16.3. The third kappa shape index (κ3) is 3.16. The lowest BCUT2D eigenvalue weighted by molar-refractivity contribution is 0.0593. The average molecular weight is 330 g/mol. The number of ether oxygens (including phenoxy) is 1. The van der Waals surface area contributed by atoms with Crippen molar-refractivity contribution in [3.05, 3.63) is 17.5 Å². The Morgan fingerprint density at radius 2 is 2.05 bits per heavy atom. The second kappa shape index (κ2) is 6.76. The van der Waals surface area contributed by atoms with E-state index >= 15 is 0 Å². The maximum atomic E-state index is 12.6. The summed E-state index contributed by atoms with van der Waals surface area (Å²) in [5.41, 5.74) is 0.910. The first kappa shape index (κ1) is 16.9. The maximum Gasteiger partial charge on any atom is 0.358 e. The highest BCUT2D eigenvalue weighted by Crippen LogP contribution is 2.19. The number of hydrogen-bond donors (Lipinski definition) is 0. The Kier molecular flexibility index (Phi) is 5.20. The Balaban J connectivity index is 2.28. The van der Waals surface area contributed by atoms with Crippen LogP contribution in [-0.2, 0) is 28.0 Å². The summed E-state index contributed by atoms with van der Waals surface area (Å²) in [6.45, 7) is 5.73. The summed E-state index contributed by atoms with van der Waals surface area (Å²) in [6.07, 6.45) is 0.649. The van der Waals surface area contributed by atoms with Crippen molar-refractivity contribution in [3.63, 3.8) is 0 Å². The van der Waals surface area contributed by atoms with Crippen molar-refractivity contribution >= 4 is 16.2 Å². The van der Waals surface area contributed by atoms with Gasteiger partial charge in [0.1, 0.15) is 0 Å². The van der Waals surface area contributed by atoms with Crippen LogP contribution in [0.15, 0.2) is 6.07 Å². The number of rotatable bonds is 5. The highest BCUT2D eigenvalue weighted by atomic mass is 32.2. The molecule has 0 saturated carbocycles. The summed E-state index contributed by atoms with van der Waals surface area (Å²) in [5, 5.41) is 4.19. The first-order chi connectivity index (χ1) is 10.4. The average Bonchev–Trinajstić information content (AvgIpc) is 2.78. The van der Waals surface area contributed by atoms with E-state index in [9.17, 15) is 13.2 Å². The summed E-state index contributed by atoms with van der Waals surface area (Å²) < 4.78 is 34.5. The summed E-state index contributed by atoms with van der Waals surface area (Å²) in [6, 6.07) is 1.60. The number of methoxy groups -OCH3 is 1. The number of fused-ring (bicyclic) bond motifs is 1. The molecule has 0 atom stereocenters. The summed E-state index contributed by atoms with van der Waals surface area (Å²) >= 11 is 0. The van der Waals surface area contributed by atoms with Crippen LogP contribution >= 0.6 is 0 Å². The number of aryl methyl sites for hydroxylation is 1. The van der Waals surface area contributed by atoms with E-state index in [1.54, 1.807) is 10.7 Å². The number of nitrogens with zero attached hydrogens (tertiary/aromatic N) is 4. The Morgan fingerprint density at radius 1 is 1.36 bits per heavy atom. The van der Waals surface area contributed by atoms with E-state index in [1.807, 2.05) is 13.8 Å². The van der Waals surface area contributed by atoms with E-state index in [4.69, 9.17) is 0 Å².